The van der Waals surface area contributed by atoms with Gasteiger partial charge in [-0.25, -0.2) is 0 Å². The molecule has 0 saturated heterocycles. The maximum atomic E-state index is 11.9. The molecule has 1 amide bonds. The number of halogens is 1. The van der Waals surface area contributed by atoms with Gasteiger partial charge in [0.05, 0.1) is 6.10 Å². The molecule has 4 nitrogen and oxygen atoms in total. The van der Waals surface area contributed by atoms with E-state index in [1.807, 2.05) is 6.92 Å². The third-order valence-electron chi connectivity index (χ3n) is 3.70. The smallest absolute Gasteiger partial charge is 0.223 e. The number of hydrogen-bond donors (Lipinski definition) is 2. The van der Waals surface area contributed by atoms with E-state index in [9.17, 15) is 4.79 Å². The predicted octanol–water partition coefficient (Wildman–Crippen LogP) is 2.10. The highest BCUT2D eigenvalue weighted by Gasteiger charge is 2.27. The molecule has 5 heteroatoms. The van der Waals surface area contributed by atoms with Crippen LogP contribution in [0.25, 0.3) is 0 Å². The number of nitrogens with one attached hydrogen (secondary N) is 1. The lowest BCUT2D eigenvalue weighted by Gasteiger charge is -2.21. The van der Waals surface area contributed by atoms with Gasteiger partial charge in [-0.1, -0.05) is 13.8 Å². The minimum Gasteiger partial charge on any atom is -0.378 e. The monoisotopic (exact) mass is 292 g/mol. The highest BCUT2D eigenvalue weighted by Crippen LogP contribution is 2.24. The van der Waals surface area contributed by atoms with Crippen LogP contribution in [0.2, 0.25) is 0 Å². The zero-order valence-electron chi connectivity index (χ0n) is 12.4. The number of carbonyl (C=O) groups is 1. The second-order valence-electron chi connectivity index (χ2n) is 5.59. The standard InChI is InChI=1S/C14H28N2O2.ClH/c1-4-18-13(10(2)3)7-8-16-14(17)11-5-6-12(15)9-11;/h10-13H,4-9,15H2,1-3H3,(H,16,17);1H. The van der Waals surface area contributed by atoms with Gasteiger partial charge in [-0.05, 0) is 38.5 Å². The van der Waals surface area contributed by atoms with Gasteiger partial charge in [0.1, 0.15) is 0 Å². The first kappa shape index (κ1) is 18.7. The summed E-state index contributed by atoms with van der Waals surface area (Å²) in [6, 6.07) is 0.215. The fourth-order valence-corrected chi connectivity index (χ4v) is 2.56. The van der Waals surface area contributed by atoms with Gasteiger partial charge in [0, 0.05) is 25.1 Å². The number of amides is 1. The summed E-state index contributed by atoms with van der Waals surface area (Å²) in [5.41, 5.74) is 5.82. The molecule has 1 aliphatic carbocycles. The van der Waals surface area contributed by atoms with E-state index >= 15 is 0 Å². The zero-order valence-corrected chi connectivity index (χ0v) is 13.2. The normalized spacial score (nSPS) is 24.1. The molecule has 0 spiro atoms. The Morgan fingerprint density at radius 3 is 2.58 bits per heavy atom. The van der Waals surface area contributed by atoms with Crippen LogP contribution >= 0.6 is 12.4 Å². The molecule has 19 heavy (non-hydrogen) atoms. The van der Waals surface area contributed by atoms with Crippen molar-refractivity contribution in [3.05, 3.63) is 0 Å². The summed E-state index contributed by atoms with van der Waals surface area (Å²) in [5.74, 6) is 0.785. The topological polar surface area (TPSA) is 64.3 Å². The van der Waals surface area contributed by atoms with Gasteiger partial charge in [-0.15, -0.1) is 12.4 Å². The summed E-state index contributed by atoms with van der Waals surface area (Å²) in [4.78, 5) is 11.9. The first-order chi connectivity index (χ1) is 8.54. The average molecular weight is 293 g/mol. The van der Waals surface area contributed by atoms with Gasteiger partial charge in [-0.2, -0.15) is 0 Å². The van der Waals surface area contributed by atoms with E-state index in [4.69, 9.17) is 10.5 Å². The summed E-state index contributed by atoms with van der Waals surface area (Å²) in [6.45, 7) is 7.74. The first-order valence-corrected chi connectivity index (χ1v) is 7.19. The Kier molecular flexibility index (Phi) is 9.40. The number of hydrogen-bond acceptors (Lipinski definition) is 3. The highest BCUT2D eigenvalue weighted by molar-refractivity contribution is 5.85. The van der Waals surface area contributed by atoms with E-state index < -0.39 is 0 Å². The van der Waals surface area contributed by atoms with Crippen molar-refractivity contribution < 1.29 is 9.53 Å². The second-order valence-corrected chi connectivity index (χ2v) is 5.59. The molecule has 1 aliphatic rings. The van der Waals surface area contributed by atoms with Crippen LogP contribution in [0.4, 0.5) is 0 Å². The Hall–Kier alpha value is -0.320. The molecule has 0 heterocycles. The Balaban J connectivity index is 0.00000324. The summed E-state index contributed by atoms with van der Waals surface area (Å²) >= 11 is 0. The van der Waals surface area contributed by atoms with Crippen molar-refractivity contribution in [2.24, 2.45) is 17.6 Å². The zero-order chi connectivity index (χ0) is 13.5. The van der Waals surface area contributed by atoms with Crippen LogP contribution in [-0.2, 0) is 9.53 Å². The average Bonchev–Trinajstić information content (AvgIpc) is 2.74. The predicted molar refractivity (Wildman–Crippen MR) is 80.4 cm³/mol. The number of ether oxygens (including phenoxy) is 1. The SMILES string of the molecule is CCOC(CCNC(=O)C1CCC(N)C1)C(C)C.Cl. The van der Waals surface area contributed by atoms with Crippen LogP contribution in [-0.4, -0.2) is 31.2 Å². The number of carbonyl (C=O) groups excluding carboxylic acids is 1. The fraction of sp³-hybridized carbons (Fsp3) is 0.929. The number of rotatable bonds is 7. The van der Waals surface area contributed by atoms with Gasteiger partial charge in [0.15, 0.2) is 0 Å². The molecule has 0 aromatic carbocycles. The lowest BCUT2D eigenvalue weighted by molar-refractivity contribution is -0.125. The lowest BCUT2D eigenvalue weighted by atomic mass is 10.0. The molecule has 0 bridgehead atoms. The molecule has 1 saturated carbocycles. The molecule has 3 unspecified atom stereocenters. The van der Waals surface area contributed by atoms with Crippen LogP contribution in [0.1, 0.15) is 46.5 Å². The molecular weight excluding hydrogens is 264 g/mol. The minimum absolute atomic E-state index is 0. The van der Waals surface area contributed by atoms with Crippen molar-refractivity contribution in [1.29, 1.82) is 0 Å². The van der Waals surface area contributed by atoms with Gasteiger partial charge >= 0.3 is 0 Å². The molecule has 0 aromatic rings. The molecule has 3 N–H and O–H groups in total. The van der Waals surface area contributed by atoms with Crippen LogP contribution < -0.4 is 11.1 Å². The van der Waals surface area contributed by atoms with Crippen molar-refractivity contribution >= 4 is 18.3 Å². The molecule has 1 rings (SSSR count). The van der Waals surface area contributed by atoms with Crippen molar-refractivity contribution in [3.63, 3.8) is 0 Å². The van der Waals surface area contributed by atoms with E-state index in [1.165, 1.54) is 0 Å². The van der Waals surface area contributed by atoms with E-state index in [0.717, 1.165) is 32.3 Å². The Labute approximate surface area is 123 Å². The van der Waals surface area contributed by atoms with Gasteiger partial charge < -0.3 is 15.8 Å². The first-order valence-electron chi connectivity index (χ1n) is 7.19. The van der Waals surface area contributed by atoms with Gasteiger partial charge in [0.25, 0.3) is 0 Å². The quantitative estimate of drug-likeness (QED) is 0.755. The largest absolute Gasteiger partial charge is 0.378 e. The fourth-order valence-electron chi connectivity index (χ4n) is 2.56. The summed E-state index contributed by atoms with van der Waals surface area (Å²) in [5, 5.41) is 3.01. The van der Waals surface area contributed by atoms with Gasteiger partial charge in [0.2, 0.25) is 5.91 Å². The van der Waals surface area contributed by atoms with Crippen molar-refractivity contribution in [1.82, 2.24) is 5.32 Å². The molecule has 1 fully saturated rings. The van der Waals surface area contributed by atoms with Crippen LogP contribution in [0, 0.1) is 11.8 Å². The summed E-state index contributed by atoms with van der Waals surface area (Å²) < 4.78 is 5.66. The molecule has 0 radical (unpaired) electrons. The van der Waals surface area contributed by atoms with Crippen molar-refractivity contribution in [3.8, 4) is 0 Å². The molecule has 3 atom stereocenters. The maximum absolute atomic E-state index is 11.9. The maximum Gasteiger partial charge on any atom is 0.223 e. The number of nitrogens with two attached hydrogens (primary N) is 1. The molecular formula is C14H29ClN2O2. The van der Waals surface area contributed by atoms with Crippen molar-refractivity contribution in [2.45, 2.75) is 58.6 Å². The molecule has 114 valence electrons. The molecule has 0 aliphatic heterocycles. The third kappa shape index (κ3) is 6.59. The summed E-state index contributed by atoms with van der Waals surface area (Å²) in [6.07, 6.45) is 3.87. The summed E-state index contributed by atoms with van der Waals surface area (Å²) in [7, 11) is 0. The Morgan fingerprint density at radius 1 is 1.42 bits per heavy atom. The van der Waals surface area contributed by atoms with E-state index in [-0.39, 0.29) is 36.4 Å². The van der Waals surface area contributed by atoms with Gasteiger partial charge in [-0.3, -0.25) is 4.79 Å². The van der Waals surface area contributed by atoms with Crippen LogP contribution in [0.15, 0.2) is 0 Å². The van der Waals surface area contributed by atoms with Crippen LogP contribution in [0.5, 0.6) is 0 Å². The van der Waals surface area contributed by atoms with Crippen molar-refractivity contribution in [2.75, 3.05) is 13.2 Å². The second kappa shape index (κ2) is 9.56. The van der Waals surface area contributed by atoms with E-state index in [1.54, 1.807) is 0 Å². The highest BCUT2D eigenvalue weighted by atomic mass is 35.5. The minimum atomic E-state index is 0. The third-order valence-corrected chi connectivity index (χ3v) is 3.70. The Bertz CT molecular complexity index is 262. The Morgan fingerprint density at radius 2 is 2.11 bits per heavy atom. The molecule has 0 aromatic heterocycles. The van der Waals surface area contributed by atoms with E-state index in [0.29, 0.717) is 12.5 Å². The van der Waals surface area contributed by atoms with E-state index in [2.05, 4.69) is 19.2 Å². The lowest BCUT2D eigenvalue weighted by Crippen LogP contribution is -2.34. The van der Waals surface area contributed by atoms with Crippen LogP contribution in [0.3, 0.4) is 0 Å².